The van der Waals surface area contributed by atoms with E-state index in [-0.39, 0.29) is 17.6 Å². The van der Waals surface area contributed by atoms with Crippen LogP contribution in [-0.2, 0) is 11.2 Å². The van der Waals surface area contributed by atoms with Gasteiger partial charge in [0.2, 0.25) is 0 Å². The molecular weight excluding hydrogens is 470 g/mol. The van der Waals surface area contributed by atoms with Gasteiger partial charge in [-0.15, -0.1) is 10.2 Å². The third-order valence-electron chi connectivity index (χ3n) is 5.07. The average Bonchev–Trinajstić information content (AvgIpc) is 3.25. The maximum atomic E-state index is 12.1. The third kappa shape index (κ3) is 6.09. The highest BCUT2D eigenvalue weighted by Gasteiger charge is 2.12. The maximum absolute atomic E-state index is 12.1. The van der Waals surface area contributed by atoms with Crippen LogP contribution in [0.25, 0.3) is 16.7 Å². The zero-order valence-electron chi connectivity index (χ0n) is 18.6. The number of rotatable bonds is 8. The number of carbonyl (C=O) groups excluding carboxylic acids is 1. The van der Waals surface area contributed by atoms with E-state index in [0.29, 0.717) is 27.5 Å². The summed E-state index contributed by atoms with van der Waals surface area (Å²) in [5.74, 6) is 0.218. The number of aromatic nitrogens is 3. The quantitative estimate of drug-likeness (QED) is 0.324. The second-order valence-corrected chi connectivity index (χ2v) is 8.50. The van der Waals surface area contributed by atoms with E-state index >= 15 is 0 Å². The molecule has 0 saturated heterocycles. The number of amides is 1. The Bertz CT molecular complexity index is 1290. The second-order valence-electron chi connectivity index (χ2n) is 7.68. The number of nitrogens with one attached hydrogen (secondary N) is 2. The number of para-hydroxylation sites is 1. The SMILES string of the molecule is CCCCc1ccc(-n2nc3cc(Cl)c(NC(=S)NC(=O)COc4ccccc4)cc3n2)cc1. The molecule has 1 aromatic heterocycles. The molecule has 34 heavy (non-hydrogen) atoms. The van der Waals surface area contributed by atoms with Crippen molar-refractivity contribution in [3.8, 4) is 11.4 Å². The maximum Gasteiger partial charge on any atom is 0.264 e. The lowest BCUT2D eigenvalue weighted by Crippen LogP contribution is -2.37. The van der Waals surface area contributed by atoms with Gasteiger partial charge >= 0.3 is 0 Å². The fraction of sp³-hybridized carbons (Fsp3) is 0.200. The molecule has 7 nitrogen and oxygen atoms in total. The van der Waals surface area contributed by atoms with Gasteiger partial charge in [-0.2, -0.15) is 4.80 Å². The summed E-state index contributed by atoms with van der Waals surface area (Å²) in [4.78, 5) is 13.7. The predicted molar refractivity (Wildman–Crippen MR) is 139 cm³/mol. The number of unbranched alkanes of at least 4 members (excludes halogenated alkanes) is 1. The summed E-state index contributed by atoms with van der Waals surface area (Å²) in [7, 11) is 0. The van der Waals surface area contributed by atoms with Gasteiger partial charge in [0.1, 0.15) is 16.8 Å². The van der Waals surface area contributed by atoms with Crippen molar-refractivity contribution in [2.75, 3.05) is 11.9 Å². The van der Waals surface area contributed by atoms with Crippen molar-refractivity contribution in [2.45, 2.75) is 26.2 Å². The highest BCUT2D eigenvalue weighted by atomic mass is 35.5. The number of nitrogens with zero attached hydrogens (tertiary/aromatic N) is 3. The first-order valence-electron chi connectivity index (χ1n) is 11.0. The first-order valence-corrected chi connectivity index (χ1v) is 11.7. The van der Waals surface area contributed by atoms with E-state index in [1.807, 2.05) is 30.3 Å². The molecule has 0 saturated carbocycles. The molecule has 1 amide bonds. The third-order valence-corrected chi connectivity index (χ3v) is 5.59. The Labute approximate surface area is 208 Å². The number of anilines is 1. The molecule has 0 aliphatic carbocycles. The Morgan fingerprint density at radius 2 is 1.76 bits per heavy atom. The van der Waals surface area contributed by atoms with Crippen LogP contribution in [0.15, 0.2) is 66.7 Å². The molecular formula is C25H24ClN5O2S. The number of aryl methyl sites for hydroxylation is 1. The molecule has 174 valence electrons. The molecule has 1 heterocycles. The van der Waals surface area contributed by atoms with Crippen LogP contribution in [0.1, 0.15) is 25.3 Å². The smallest absolute Gasteiger partial charge is 0.264 e. The first kappa shape index (κ1) is 23.7. The van der Waals surface area contributed by atoms with Crippen LogP contribution < -0.4 is 15.4 Å². The topological polar surface area (TPSA) is 81.1 Å². The Balaban J connectivity index is 1.40. The van der Waals surface area contributed by atoms with E-state index in [1.54, 1.807) is 29.1 Å². The Morgan fingerprint density at radius 3 is 2.47 bits per heavy atom. The van der Waals surface area contributed by atoms with Gasteiger partial charge in [-0.05, 0) is 67.0 Å². The van der Waals surface area contributed by atoms with Crippen LogP contribution in [0.4, 0.5) is 5.69 Å². The fourth-order valence-corrected chi connectivity index (χ4v) is 3.74. The summed E-state index contributed by atoms with van der Waals surface area (Å²) in [5, 5.41) is 15.1. The lowest BCUT2D eigenvalue weighted by atomic mass is 10.1. The van der Waals surface area contributed by atoms with Crippen LogP contribution in [-0.4, -0.2) is 32.6 Å². The van der Waals surface area contributed by atoms with Crippen molar-refractivity contribution < 1.29 is 9.53 Å². The molecule has 4 aromatic rings. The lowest BCUT2D eigenvalue weighted by molar-refractivity contribution is -0.121. The molecule has 0 radical (unpaired) electrons. The zero-order valence-corrected chi connectivity index (χ0v) is 20.2. The standard InChI is InChI=1S/C25H24ClN5O2S/c1-2-3-7-17-10-12-18(13-11-17)31-29-22-14-20(26)21(15-23(22)30-31)27-25(34)28-24(32)16-33-19-8-5-4-6-9-19/h4-6,8-15H,2-3,7,16H2,1H3,(H2,27,28,32,34). The van der Waals surface area contributed by atoms with Crippen LogP contribution in [0.2, 0.25) is 5.02 Å². The normalized spacial score (nSPS) is 10.8. The molecule has 0 unspecified atom stereocenters. The van der Waals surface area contributed by atoms with Crippen molar-refractivity contribution in [3.63, 3.8) is 0 Å². The highest BCUT2D eigenvalue weighted by molar-refractivity contribution is 7.80. The van der Waals surface area contributed by atoms with E-state index in [9.17, 15) is 4.79 Å². The molecule has 0 fully saturated rings. The Hall–Kier alpha value is -3.49. The van der Waals surface area contributed by atoms with Gasteiger partial charge < -0.3 is 10.1 Å². The second kappa shape index (κ2) is 11.1. The highest BCUT2D eigenvalue weighted by Crippen LogP contribution is 2.27. The van der Waals surface area contributed by atoms with Crippen LogP contribution >= 0.6 is 23.8 Å². The summed E-state index contributed by atoms with van der Waals surface area (Å²) in [5.41, 5.74) is 3.97. The lowest BCUT2D eigenvalue weighted by Gasteiger charge is -2.11. The average molecular weight is 494 g/mol. The van der Waals surface area contributed by atoms with Crippen molar-refractivity contribution >= 4 is 51.6 Å². The zero-order chi connectivity index (χ0) is 23.9. The van der Waals surface area contributed by atoms with E-state index in [0.717, 1.165) is 12.1 Å². The number of hydrogen-bond acceptors (Lipinski definition) is 5. The van der Waals surface area contributed by atoms with Gasteiger partial charge in [0.05, 0.1) is 16.4 Å². The molecule has 0 aliphatic heterocycles. The molecule has 0 aliphatic rings. The minimum absolute atomic E-state index is 0.109. The van der Waals surface area contributed by atoms with Crippen molar-refractivity contribution in [3.05, 3.63) is 77.3 Å². The molecule has 2 N–H and O–H groups in total. The number of hydrogen-bond donors (Lipinski definition) is 2. The number of fused-ring (bicyclic) bond motifs is 1. The molecule has 9 heteroatoms. The number of carbonyl (C=O) groups is 1. The summed E-state index contributed by atoms with van der Waals surface area (Å²) in [6.07, 6.45) is 3.39. The summed E-state index contributed by atoms with van der Waals surface area (Å²) in [6, 6.07) is 20.7. The number of benzene rings is 3. The van der Waals surface area contributed by atoms with Crippen LogP contribution in [0.5, 0.6) is 5.75 Å². The molecule has 0 bridgehead atoms. The molecule has 0 spiro atoms. The van der Waals surface area contributed by atoms with Crippen LogP contribution in [0, 0.1) is 0 Å². The first-order chi connectivity index (χ1) is 16.5. The van der Waals surface area contributed by atoms with Gasteiger partial charge in [-0.1, -0.05) is 55.3 Å². The summed E-state index contributed by atoms with van der Waals surface area (Å²) >= 11 is 11.7. The van der Waals surface area contributed by atoms with Crippen LogP contribution in [0.3, 0.4) is 0 Å². The van der Waals surface area contributed by atoms with Gasteiger partial charge in [0.15, 0.2) is 11.7 Å². The fourth-order valence-electron chi connectivity index (χ4n) is 3.31. The van der Waals surface area contributed by atoms with Crippen molar-refractivity contribution in [2.24, 2.45) is 0 Å². The monoisotopic (exact) mass is 493 g/mol. The number of ether oxygens (including phenoxy) is 1. The predicted octanol–water partition coefficient (Wildman–Crippen LogP) is 5.31. The van der Waals surface area contributed by atoms with Crippen molar-refractivity contribution in [1.29, 1.82) is 0 Å². The molecule has 4 rings (SSSR count). The van der Waals surface area contributed by atoms with E-state index in [1.165, 1.54) is 18.4 Å². The van der Waals surface area contributed by atoms with Gasteiger partial charge in [0, 0.05) is 0 Å². The summed E-state index contributed by atoms with van der Waals surface area (Å²) in [6.45, 7) is 2.02. The minimum atomic E-state index is -0.383. The van der Waals surface area contributed by atoms with E-state index < -0.39 is 0 Å². The number of halogens is 1. The molecule has 3 aromatic carbocycles. The minimum Gasteiger partial charge on any atom is -0.484 e. The molecule has 0 atom stereocenters. The van der Waals surface area contributed by atoms with Gasteiger partial charge in [0.25, 0.3) is 5.91 Å². The largest absolute Gasteiger partial charge is 0.484 e. The van der Waals surface area contributed by atoms with E-state index in [2.05, 4.69) is 39.9 Å². The number of thiocarbonyl (C=S) groups is 1. The van der Waals surface area contributed by atoms with Gasteiger partial charge in [-0.3, -0.25) is 10.1 Å². The van der Waals surface area contributed by atoms with Gasteiger partial charge in [-0.25, -0.2) is 0 Å². The van der Waals surface area contributed by atoms with E-state index in [4.69, 9.17) is 28.6 Å². The summed E-state index contributed by atoms with van der Waals surface area (Å²) < 4.78 is 5.43. The Morgan fingerprint density at radius 1 is 1.06 bits per heavy atom. The van der Waals surface area contributed by atoms with Crippen molar-refractivity contribution in [1.82, 2.24) is 20.3 Å². The Kier molecular flexibility index (Phi) is 7.72.